The molecule has 0 aliphatic rings. The molecule has 0 bridgehead atoms. The molecule has 1 rings (SSSR count). The van der Waals surface area contributed by atoms with E-state index in [0.29, 0.717) is 13.0 Å². The molecule has 0 aliphatic heterocycles. The molecule has 1 aromatic heterocycles. The Kier molecular flexibility index (Phi) is 5.82. The van der Waals surface area contributed by atoms with Crippen LogP contribution in [0.2, 0.25) is 0 Å². The number of carboxylic acid groups (broad SMARTS) is 1. The minimum absolute atomic E-state index is 0.212. The molecular weight excluding hydrogens is 264 g/mol. The second-order valence-corrected chi connectivity index (χ2v) is 5.74. The van der Waals surface area contributed by atoms with E-state index in [9.17, 15) is 9.59 Å². The lowest BCUT2D eigenvalue weighted by Gasteiger charge is -2.22. The van der Waals surface area contributed by atoms with E-state index in [2.05, 4.69) is 5.32 Å². The number of hydrogen-bond donors (Lipinski definition) is 2. The van der Waals surface area contributed by atoms with Crippen molar-refractivity contribution in [1.29, 1.82) is 0 Å². The standard InChI is InChI=1S/C13H20N2O3S/c1-9(2)6-11(12(16)17)14-13(18)15(3)7-10-4-5-19-8-10/h4-5,8-9,11H,6-7H2,1-3H3,(H,14,18)(H,16,17)/t11-/m1/s1. The van der Waals surface area contributed by atoms with Crippen LogP contribution in [0.3, 0.4) is 0 Å². The number of carbonyl (C=O) groups excluding carboxylic acids is 1. The average molecular weight is 284 g/mol. The van der Waals surface area contributed by atoms with Crippen LogP contribution in [-0.4, -0.2) is 35.1 Å². The van der Waals surface area contributed by atoms with Gasteiger partial charge < -0.3 is 15.3 Å². The van der Waals surface area contributed by atoms with Gasteiger partial charge in [0.1, 0.15) is 6.04 Å². The number of carbonyl (C=O) groups is 2. The van der Waals surface area contributed by atoms with Crippen LogP contribution in [0, 0.1) is 5.92 Å². The summed E-state index contributed by atoms with van der Waals surface area (Å²) in [4.78, 5) is 24.5. The second kappa shape index (κ2) is 7.13. The van der Waals surface area contributed by atoms with Gasteiger partial charge in [-0.3, -0.25) is 0 Å². The summed E-state index contributed by atoms with van der Waals surface area (Å²) in [5, 5.41) is 15.5. The van der Waals surface area contributed by atoms with Gasteiger partial charge in [-0.25, -0.2) is 9.59 Å². The van der Waals surface area contributed by atoms with E-state index in [1.807, 2.05) is 30.7 Å². The van der Waals surface area contributed by atoms with Crippen molar-refractivity contribution < 1.29 is 14.7 Å². The normalized spacial score (nSPS) is 12.2. The predicted octanol–water partition coefficient (Wildman–Crippen LogP) is 2.39. The zero-order valence-corrected chi connectivity index (χ0v) is 12.2. The highest BCUT2D eigenvalue weighted by molar-refractivity contribution is 7.07. The van der Waals surface area contributed by atoms with Crippen LogP contribution in [0.15, 0.2) is 16.8 Å². The summed E-state index contributed by atoms with van der Waals surface area (Å²) in [5.74, 6) is -0.783. The fourth-order valence-corrected chi connectivity index (χ4v) is 2.34. The molecular formula is C13H20N2O3S. The molecule has 0 saturated heterocycles. The highest BCUT2D eigenvalue weighted by Gasteiger charge is 2.22. The van der Waals surface area contributed by atoms with Gasteiger partial charge in [-0.15, -0.1) is 0 Å². The first kappa shape index (κ1) is 15.5. The number of rotatable bonds is 6. The number of carboxylic acids is 1. The molecule has 1 heterocycles. The van der Waals surface area contributed by atoms with Crippen molar-refractivity contribution in [2.24, 2.45) is 5.92 Å². The summed E-state index contributed by atoms with van der Waals surface area (Å²) < 4.78 is 0. The van der Waals surface area contributed by atoms with Crippen LogP contribution in [0.25, 0.3) is 0 Å². The first-order valence-electron chi connectivity index (χ1n) is 6.15. The van der Waals surface area contributed by atoms with E-state index < -0.39 is 12.0 Å². The minimum atomic E-state index is -0.994. The number of urea groups is 1. The van der Waals surface area contributed by atoms with Crippen molar-refractivity contribution in [3.05, 3.63) is 22.4 Å². The number of thiophene rings is 1. The van der Waals surface area contributed by atoms with E-state index in [-0.39, 0.29) is 11.9 Å². The summed E-state index contributed by atoms with van der Waals surface area (Å²) in [6.07, 6.45) is 0.424. The van der Waals surface area contributed by atoms with Gasteiger partial charge in [-0.1, -0.05) is 13.8 Å². The number of aliphatic carboxylic acids is 1. The molecule has 0 radical (unpaired) electrons. The lowest BCUT2D eigenvalue weighted by Crippen LogP contribution is -2.46. The summed E-state index contributed by atoms with van der Waals surface area (Å²) in [6, 6.07) is 0.744. The highest BCUT2D eigenvalue weighted by atomic mass is 32.1. The Bertz CT molecular complexity index is 418. The molecule has 5 nitrogen and oxygen atoms in total. The third-order valence-corrected chi connectivity index (χ3v) is 3.38. The van der Waals surface area contributed by atoms with Crippen molar-refractivity contribution in [2.45, 2.75) is 32.9 Å². The first-order valence-corrected chi connectivity index (χ1v) is 7.10. The number of nitrogens with one attached hydrogen (secondary N) is 1. The van der Waals surface area contributed by atoms with Gasteiger partial charge >= 0.3 is 12.0 Å². The Labute approximate surface area is 117 Å². The van der Waals surface area contributed by atoms with Gasteiger partial charge in [-0.05, 0) is 34.7 Å². The molecule has 1 atom stereocenters. The Morgan fingerprint density at radius 2 is 2.16 bits per heavy atom. The fourth-order valence-electron chi connectivity index (χ4n) is 1.68. The van der Waals surface area contributed by atoms with Gasteiger partial charge in [0, 0.05) is 13.6 Å². The summed E-state index contributed by atoms with van der Waals surface area (Å²) >= 11 is 1.57. The van der Waals surface area contributed by atoms with Crippen LogP contribution in [-0.2, 0) is 11.3 Å². The molecule has 0 aromatic carbocycles. The Morgan fingerprint density at radius 3 is 2.63 bits per heavy atom. The molecule has 2 N–H and O–H groups in total. The van der Waals surface area contributed by atoms with Crippen LogP contribution in [0.4, 0.5) is 4.79 Å². The minimum Gasteiger partial charge on any atom is -0.480 e. The van der Waals surface area contributed by atoms with Gasteiger partial charge in [0.15, 0.2) is 0 Å². The maximum atomic E-state index is 11.9. The molecule has 0 aliphatic carbocycles. The molecule has 2 amide bonds. The largest absolute Gasteiger partial charge is 0.480 e. The van der Waals surface area contributed by atoms with Crippen LogP contribution < -0.4 is 5.32 Å². The molecule has 0 saturated carbocycles. The van der Waals surface area contributed by atoms with Crippen LogP contribution >= 0.6 is 11.3 Å². The van der Waals surface area contributed by atoms with E-state index in [1.165, 1.54) is 4.90 Å². The monoisotopic (exact) mass is 284 g/mol. The SMILES string of the molecule is CC(C)C[C@@H](NC(=O)N(C)Cc1ccsc1)C(=O)O. The third-order valence-electron chi connectivity index (χ3n) is 2.65. The number of hydrogen-bond acceptors (Lipinski definition) is 3. The Hall–Kier alpha value is -1.56. The Balaban J connectivity index is 2.53. The molecule has 1 aromatic rings. The fraction of sp³-hybridized carbons (Fsp3) is 0.538. The quantitative estimate of drug-likeness (QED) is 0.842. The van der Waals surface area contributed by atoms with Gasteiger partial charge in [0.25, 0.3) is 0 Å². The molecule has 106 valence electrons. The summed E-state index contributed by atoms with van der Waals surface area (Å²) in [7, 11) is 1.65. The van der Waals surface area contributed by atoms with Crippen molar-refractivity contribution >= 4 is 23.3 Å². The number of nitrogens with zero attached hydrogens (tertiary/aromatic N) is 1. The van der Waals surface area contributed by atoms with Gasteiger partial charge in [-0.2, -0.15) is 11.3 Å². The zero-order valence-electron chi connectivity index (χ0n) is 11.4. The Morgan fingerprint density at radius 1 is 1.47 bits per heavy atom. The predicted molar refractivity (Wildman–Crippen MR) is 75.2 cm³/mol. The van der Waals surface area contributed by atoms with E-state index in [1.54, 1.807) is 18.4 Å². The smallest absolute Gasteiger partial charge is 0.326 e. The summed E-state index contributed by atoms with van der Waals surface area (Å²) in [6.45, 7) is 4.33. The molecule has 19 heavy (non-hydrogen) atoms. The highest BCUT2D eigenvalue weighted by Crippen LogP contribution is 2.09. The maximum absolute atomic E-state index is 11.9. The van der Waals surface area contributed by atoms with E-state index in [0.717, 1.165) is 5.56 Å². The molecule has 0 unspecified atom stereocenters. The second-order valence-electron chi connectivity index (χ2n) is 4.96. The van der Waals surface area contributed by atoms with Gasteiger partial charge in [0.2, 0.25) is 0 Å². The van der Waals surface area contributed by atoms with Crippen LogP contribution in [0.5, 0.6) is 0 Å². The topological polar surface area (TPSA) is 69.6 Å². The van der Waals surface area contributed by atoms with Crippen molar-refractivity contribution in [2.75, 3.05) is 7.05 Å². The number of amides is 2. The molecule has 0 spiro atoms. The van der Waals surface area contributed by atoms with Crippen molar-refractivity contribution in [3.63, 3.8) is 0 Å². The van der Waals surface area contributed by atoms with Crippen molar-refractivity contribution in [1.82, 2.24) is 10.2 Å². The van der Waals surface area contributed by atoms with Gasteiger partial charge in [0.05, 0.1) is 0 Å². The third kappa shape index (κ3) is 5.30. The lowest BCUT2D eigenvalue weighted by molar-refractivity contribution is -0.139. The lowest BCUT2D eigenvalue weighted by atomic mass is 10.0. The maximum Gasteiger partial charge on any atom is 0.326 e. The summed E-state index contributed by atoms with van der Waals surface area (Å²) in [5.41, 5.74) is 1.04. The van der Waals surface area contributed by atoms with Crippen LogP contribution in [0.1, 0.15) is 25.8 Å². The van der Waals surface area contributed by atoms with E-state index in [4.69, 9.17) is 5.11 Å². The average Bonchev–Trinajstić information content (AvgIpc) is 2.79. The van der Waals surface area contributed by atoms with Crippen molar-refractivity contribution in [3.8, 4) is 0 Å². The first-order chi connectivity index (χ1) is 8.90. The van der Waals surface area contributed by atoms with E-state index >= 15 is 0 Å². The molecule has 0 fully saturated rings. The molecule has 6 heteroatoms. The zero-order chi connectivity index (χ0) is 14.4.